The Morgan fingerprint density at radius 2 is 1.93 bits per heavy atom. The van der Waals surface area contributed by atoms with E-state index in [1.54, 1.807) is 35.2 Å². The topological polar surface area (TPSA) is 50.7 Å². The predicted octanol–water partition coefficient (Wildman–Crippen LogP) is 6.74. The zero-order valence-corrected chi connectivity index (χ0v) is 18.8. The van der Waals surface area contributed by atoms with E-state index in [0.717, 1.165) is 31.6 Å². The Morgan fingerprint density at radius 1 is 1.14 bits per heavy atom. The fourth-order valence-electron chi connectivity index (χ4n) is 2.72. The number of benzene rings is 2. The van der Waals surface area contributed by atoms with Gasteiger partial charge in [-0.2, -0.15) is 0 Å². The minimum atomic E-state index is -0.294. The van der Waals surface area contributed by atoms with Crippen molar-refractivity contribution in [2.75, 3.05) is 6.61 Å². The van der Waals surface area contributed by atoms with Crippen LogP contribution in [0.4, 0.5) is 5.69 Å². The quantitative estimate of drug-likeness (QED) is 0.354. The van der Waals surface area contributed by atoms with Crippen molar-refractivity contribution in [3.05, 3.63) is 74.9 Å². The second-order valence-electron chi connectivity index (χ2n) is 5.70. The lowest BCUT2D eigenvalue weighted by molar-refractivity contribution is 0.0364. The molecule has 29 heavy (non-hydrogen) atoms. The fourth-order valence-corrected chi connectivity index (χ4v) is 4.87. The summed E-state index contributed by atoms with van der Waals surface area (Å²) in [6, 6.07) is 15.5. The summed E-state index contributed by atoms with van der Waals surface area (Å²) in [6.07, 6.45) is 0. The molecule has 0 aliphatic carbocycles. The van der Waals surface area contributed by atoms with Gasteiger partial charge in [0.2, 0.25) is 0 Å². The predicted molar refractivity (Wildman–Crippen MR) is 122 cm³/mol. The highest BCUT2D eigenvalue weighted by Crippen LogP contribution is 2.42. The van der Waals surface area contributed by atoms with Crippen LogP contribution in [-0.2, 0) is 4.84 Å². The van der Waals surface area contributed by atoms with Crippen LogP contribution in [0.15, 0.2) is 68.7 Å². The molecular formula is C22H21ClN2O2S2. The Bertz CT molecular complexity index is 1050. The third-order valence-electron chi connectivity index (χ3n) is 3.96. The van der Waals surface area contributed by atoms with Gasteiger partial charge in [-0.15, -0.1) is 11.3 Å². The lowest BCUT2D eigenvalue weighted by atomic mass is 10.1. The van der Waals surface area contributed by atoms with E-state index in [0.29, 0.717) is 17.2 Å². The average Bonchev–Trinajstić information content (AvgIpc) is 3.11. The first kappa shape index (κ1) is 21.6. The number of amides is 1. The minimum absolute atomic E-state index is 0.294. The van der Waals surface area contributed by atoms with Crippen molar-refractivity contribution in [2.24, 2.45) is 4.99 Å². The van der Waals surface area contributed by atoms with Crippen LogP contribution in [0.1, 0.15) is 41.6 Å². The van der Waals surface area contributed by atoms with Crippen LogP contribution in [-0.4, -0.2) is 18.2 Å². The first-order valence-corrected chi connectivity index (χ1v) is 11.4. The molecule has 0 spiro atoms. The van der Waals surface area contributed by atoms with Crippen LogP contribution >= 0.6 is 34.7 Å². The normalized spacial score (nSPS) is 11.9. The van der Waals surface area contributed by atoms with Gasteiger partial charge < -0.3 is 0 Å². The Labute approximate surface area is 183 Å². The van der Waals surface area contributed by atoms with E-state index >= 15 is 0 Å². The molecule has 0 unspecified atom stereocenters. The summed E-state index contributed by atoms with van der Waals surface area (Å²) in [7, 11) is 0. The van der Waals surface area contributed by atoms with Crippen molar-refractivity contribution in [3.63, 3.8) is 0 Å². The van der Waals surface area contributed by atoms with Crippen molar-refractivity contribution < 1.29 is 9.63 Å². The minimum Gasteiger partial charge on any atom is -0.274 e. The number of hydrogen-bond donors (Lipinski definition) is 1. The van der Waals surface area contributed by atoms with Gasteiger partial charge in [-0.1, -0.05) is 55.4 Å². The molecule has 0 atom stereocenters. The number of nitrogens with zero attached hydrogens (tertiary/aromatic N) is 1. The van der Waals surface area contributed by atoms with Crippen LogP contribution in [0.2, 0.25) is 5.02 Å². The van der Waals surface area contributed by atoms with Gasteiger partial charge in [0, 0.05) is 20.9 Å². The Hall–Kier alpha value is -2.12. The first-order chi connectivity index (χ1) is 14.2. The van der Waals surface area contributed by atoms with E-state index in [-0.39, 0.29) is 5.91 Å². The molecule has 0 saturated carbocycles. The van der Waals surface area contributed by atoms with Crippen molar-refractivity contribution in [2.45, 2.75) is 30.6 Å². The third-order valence-corrected chi connectivity index (χ3v) is 6.45. The van der Waals surface area contributed by atoms with Crippen LogP contribution in [0, 0.1) is 0 Å². The molecule has 0 fully saturated rings. The number of carbonyl (C=O) groups is 1. The maximum atomic E-state index is 12.2. The molecule has 4 rings (SSSR count). The number of hydroxylamine groups is 1. The van der Waals surface area contributed by atoms with Gasteiger partial charge >= 0.3 is 0 Å². The lowest BCUT2D eigenvalue weighted by Crippen LogP contribution is -2.23. The molecule has 1 amide bonds. The molecule has 150 valence electrons. The highest BCUT2D eigenvalue weighted by atomic mass is 35.5. The monoisotopic (exact) mass is 444 g/mol. The van der Waals surface area contributed by atoms with E-state index in [9.17, 15) is 4.79 Å². The molecule has 7 heteroatoms. The number of rotatable bonds is 4. The largest absolute Gasteiger partial charge is 0.274 e. The maximum absolute atomic E-state index is 12.2. The van der Waals surface area contributed by atoms with Crippen molar-refractivity contribution in [1.29, 1.82) is 0 Å². The third kappa shape index (κ3) is 4.73. The fraction of sp³-hybridized carbons (Fsp3) is 0.182. The molecule has 2 heterocycles. The standard InChI is InChI=1S/C20H15ClN2O2S2.C2H6/c1-2-25-23-20(24)12-7-8-17-15(11-12)22-18(19-14(21)9-10-26-19)13-5-3-4-6-16(13)27-17;1-2/h3-11H,2H2,1H3,(H,23,24);1-2H3. The Morgan fingerprint density at radius 3 is 2.66 bits per heavy atom. The summed E-state index contributed by atoms with van der Waals surface area (Å²) in [5, 5.41) is 2.63. The van der Waals surface area contributed by atoms with E-state index in [4.69, 9.17) is 21.4 Å². The van der Waals surface area contributed by atoms with Crippen LogP contribution in [0.5, 0.6) is 0 Å². The smallest absolute Gasteiger partial charge is 0.274 e. The summed E-state index contributed by atoms with van der Waals surface area (Å²) in [5.74, 6) is -0.294. The zero-order valence-electron chi connectivity index (χ0n) is 16.4. The number of thiophene rings is 1. The maximum Gasteiger partial charge on any atom is 0.274 e. The van der Waals surface area contributed by atoms with Gasteiger partial charge in [0.25, 0.3) is 5.91 Å². The molecule has 0 radical (unpaired) electrons. The summed E-state index contributed by atoms with van der Waals surface area (Å²) in [4.78, 5) is 25.2. The molecule has 3 aromatic rings. The van der Waals surface area contributed by atoms with Crippen molar-refractivity contribution in [3.8, 4) is 0 Å². The molecule has 1 aromatic heterocycles. The summed E-state index contributed by atoms with van der Waals surface area (Å²) < 4.78 is 0. The van der Waals surface area contributed by atoms with E-state index in [1.807, 2.05) is 56.5 Å². The summed E-state index contributed by atoms with van der Waals surface area (Å²) in [5.41, 5.74) is 5.50. The molecule has 0 saturated heterocycles. The molecule has 4 nitrogen and oxygen atoms in total. The number of carbonyl (C=O) groups excluding carboxylic acids is 1. The number of fused-ring (bicyclic) bond motifs is 2. The van der Waals surface area contributed by atoms with Crippen LogP contribution in [0.3, 0.4) is 0 Å². The SMILES string of the molecule is CC.CCONC(=O)c1ccc2c(c1)N=C(c1sccc1Cl)c1ccccc1S2. The summed E-state index contributed by atoms with van der Waals surface area (Å²) >= 11 is 9.59. The van der Waals surface area contributed by atoms with E-state index in [2.05, 4.69) is 11.5 Å². The molecule has 1 aliphatic rings. The van der Waals surface area contributed by atoms with Gasteiger partial charge in [0.15, 0.2) is 0 Å². The lowest BCUT2D eigenvalue weighted by Gasteiger charge is -2.07. The Kier molecular flexibility index (Phi) is 7.50. The van der Waals surface area contributed by atoms with Gasteiger partial charge in [-0.3, -0.25) is 9.63 Å². The zero-order chi connectivity index (χ0) is 20.8. The first-order valence-electron chi connectivity index (χ1n) is 9.33. The molecule has 1 aliphatic heterocycles. The number of halogens is 1. The highest BCUT2D eigenvalue weighted by molar-refractivity contribution is 7.99. The van der Waals surface area contributed by atoms with Crippen molar-refractivity contribution >= 4 is 52.0 Å². The van der Waals surface area contributed by atoms with E-state index < -0.39 is 0 Å². The molecule has 2 aromatic carbocycles. The number of aliphatic imine (C=N–C) groups is 1. The van der Waals surface area contributed by atoms with Gasteiger partial charge in [-0.25, -0.2) is 10.5 Å². The summed E-state index contributed by atoms with van der Waals surface area (Å²) in [6.45, 7) is 6.22. The second-order valence-corrected chi connectivity index (χ2v) is 8.11. The van der Waals surface area contributed by atoms with E-state index in [1.165, 1.54) is 0 Å². The highest BCUT2D eigenvalue weighted by Gasteiger charge is 2.22. The van der Waals surface area contributed by atoms with Crippen molar-refractivity contribution in [1.82, 2.24) is 5.48 Å². The molecule has 1 N–H and O–H groups in total. The Balaban J connectivity index is 0.00000117. The van der Waals surface area contributed by atoms with Gasteiger partial charge in [0.05, 0.1) is 27.9 Å². The second kappa shape index (κ2) is 10.1. The number of nitrogens with one attached hydrogen (secondary N) is 1. The van der Waals surface area contributed by atoms with Gasteiger partial charge in [-0.05, 0) is 42.6 Å². The van der Waals surface area contributed by atoms with Crippen LogP contribution in [0.25, 0.3) is 0 Å². The van der Waals surface area contributed by atoms with Crippen LogP contribution < -0.4 is 5.48 Å². The van der Waals surface area contributed by atoms with Gasteiger partial charge in [0.1, 0.15) is 0 Å². The average molecular weight is 445 g/mol. The molecule has 0 bridgehead atoms. The molecular weight excluding hydrogens is 424 g/mol. The number of hydrogen-bond acceptors (Lipinski definition) is 5.